The summed E-state index contributed by atoms with van der Waals surface area (Å²) in [6.45, 7) is 3.78. The molecule has 0 N–H and O–H groups in total. The molecular weight excluding hydrogens is 246 g/mol. The summed E-state index contributed by atoms with van der Waals surface area (Å²) in [5.41, 5.74) is -0.205. The zero-order chi connectivity index (χ0) is 13.0. The molecule has 0 saturated heterocycles. The maximum atomic E-state index is 13.3. The van der Waals surface area contributed by atoms with Crippen LogP contribution in [0.5, 0.6) is 0 Å². The number of rotatable bonds is 5. The number of carbonyl (C=O) groups excluding carboxylic acids is 1. The molecular formula is C12H14F2O2S. The van der Waals surface area contributed by atoms with E-state index in [2.05, 4.69) is 0 Å². The summed E-state index contributed by atoms with van der Waals surface area (Å²) in [5, 5.41) is 0. The highest BCUT2D eigenvalue weighted by atomic mass is 32.2. The van der Waals surface area contributed by atoms with Gasteiger partial charge in [0.1, 0.15) is 11.6 Å². The smallest absolute Gasteiger partial charge is 0.178 e. The SMILES string of the molecule is CC(C)CS(=O)CC(=O)c1ccc(F)cc1F. The second kappa shape index (κ2) is 6.00. The summed E-state index contributed by atoms with van der Waals surface area (Å²) >= 11 is 0. The maximum Gasteiger partial charge on any atom is 0.178 e. The van der Waals surface area contributed by atoms with Crippen LogP contribution < -0.4 is 0 Å². The standard InChI is InChI=1S/C12H14F2O2S/c1-8(2)6-17(16)7-12(15)10-4-3-9(13)5-11(10)14/h3-5,8H,6-7H2,1-2H3. The lowest BCUT2D eigenvalue weighted by atomic mass is 10.1. The van der Waals surface area contributed by atoms with Gasteiger partial charge in [0.2, 0.25) is 0 Å². The lowest BCUT2D eigenvalue weighted by molar-refractivity contribution is 0.101. The fourth-order valence-corrected chi connectivity index (χ4v) is 2.68. The van der Waals surface area contributed by atoms with Crippen LogP contribution in [0.3, 0.4) is 0 Å². The van der Waals surface area contributed by atoms with Gasteiger partial charge in [0.15, 0.2) is 5.78 Å². The quantitative estimate of drug-likeness (QED) is 0.762. The molecule has 2 nitrogen and oxygen atoms in total. The summed E-state index contributed by atoms with van der Waals surface area (Å²) < 4.78 is 37.4. The van der Waals surface area contributed by atoms with E-state index in [-0.39, 0.29) is 17.2 Å². The first-order valence-corrected chi connectivity index (χ1v) is 6.72. The highest BCUT2D eigenvalue weighted by molar-refractivity contribution is 7.85. The Kier molecular flexibility index (Phi) is 4.93. The average molecular weight is 260 g/mol. The van der Waals surface area contributed by atoms with Crippen molar-refractivity contribution < 1.29 is 17.8 Å². The van der Waals surface area contributed by atoms with Gasteiger partial charge in [0.25, 0.3) is 0 Å². The Hall–Kier alpha value is -1.10. The Morgan fingerprint density at radius 1 is 1.35 bits per heavy atom. The molecule has 0 spiro atoms. The molecule has 0 aromatic heterocycles. The average Bonchev–Trinajstić information content (AvgIpc) is 2.15. The molecule has 0 fully saturated rings. The number of carbonyl (C=O) groups is 1. The number of Topliss-reactive ketones (excluding diaryl/α,β-unsaturated/α-hetero) is 1. The van der Waals surface area contributed by atoms with E-state index in [1.165, 1.54) is 0 Å². The van der Waals surface area contributed by atoms with Crippen molar-refractivity contribution in [2.45, 2.75) is 13.8 Å². The number of hydrogen-bond donors (Lipinski definition) is 0. The summed E-state index contributed by atoms with van der Waals surface area (Å²) in [6.07, 6.45) is 0. The minimum Gasteiger partial charge on any atom is -0.293 e. The van der Waals surface area contributed by atoms with E-state index in [1.54, 1.807) is 0 Å². The second-order valence-electron chi connectivity index (χ2n) is 4.19. The van der Waals surface area contributed by atoms with Gasteiger partial charge in [-0.15, -0.1) is 0 Å². The summed E-state index contributed by atoms with van der Waals surface area (Å²) in [4.78, 5) is 11.6. The van der Waals surface area contributed by atoms with Crippen LogP contribution in [0.15, 0.2) is 18.2 Å². The molecule has 1 aromatic carbocycles. The third-order valence-corrected chi connectivity index (χ3v) is 3.67. The molecule has 1 unspecified atom stereocenters. The van der Waals surface area contributed by atoms with Crippen molar-refractivity contribution in [2.24, 2.45) is 5.92 Å². The highest BCUT2D eigenvalue weighted by Gasteiger charge is 2.15. The highest BCUT2D eigenvalue weighted by Crippen LogP contribution is 2.11. The van der Waals surface area contributed by atoms with Gasteiger partial charge in [-0.2, -0.15) is 0 Å². The van der Waals surface area contributed by atoms with Crippen LogP contribution in [0.25, 0.3) is 0 Å². The number of halogens is 2. The minimum atomic E-state index is -1.30. The van der Waals surface area contributed by atoms with Crippen LogP contribution in [-0.4, -0.2) is 21.5 Å². The van der Waals surface area contributed by atoms with Crippen LogP contribution in [-0.2, 0) is 10.8 Å². The Morgan fingerprint density at radius 2 is 2.00 bits per heavy atom. The van der Waals surface area contributed by atoms with Crippen molar-refractivity contribution in [1.29, 1.82) is 0 Å². The molecule has 0 aliphatic carbocycles. The van der Waals surface area contributed by atoms with E-state index >= 15 is 0 Å². The zero-order valence-electron chi connectivity index (χ0n) is 9.70. The van der Waals surface area contributed by atoms with Crippen LogP contribution in [0.2, 0.25) is 0 Å². The van der Waals surface area contributed by atoms with E-state index in [0.29, 0.717) is 11.8 Å². The third-order valence-electron chi connectivity index (χ3n) is 2.04. The van der Waals surface area contributed by atoms with Gasteiger partial charge in [-0.05, 0) is 18.1 Å². The van der Waals surface area contributed by atoms with Crippen molar-refractivity contribution in [3.63, 3.8) is 0 Å². The summed E-state index contributed by atoms with van der Waals surface area (Å²) in [6, 6.07) is 2.75. The molecule has 1 rings (SSSR count). The fraction of sp³-hybridized carbons (Fsp3) is 0.417. The zero-order valence-corrected chi connectivity index (χ0v) is 10.5. The van der Waals surface area contributed by atoms with Crippen LogP contribution in [0.1, 0.15) is 24.2 Å². The van der Waals surface area contributed by atoms with E-state index in [4.69, 9.17) is 0 Å². The molecule has 0 aliphatic rings. The van der Waals surface area contributed by atoms with Crippen molar-refractivity contribution >= 4 is 16.6 Å². The van der Waals surface area contributed by atoms with Crippen LogP contribution in [0, 0.1) is 17.6 Å². The molecule has 0 aliphatic heterocycles. The molecule has 17 heavy (non-hydrogen) atoms. The Labute approximate surface area is 101 Å². The maximum absolute atomic E-state index is 13.3. The largest absolute Gasteiger partial charge is 0.293 e. The van der Waals surface area contributed by atoms with Gasteiger partial charge < -0.3 is 0 Å². The molecule has 1 aromatic rings. The third kappa shape index (κ3) is 4.34. The summed E-state index contributed by atoms with van der Waals surface area (Å²) in [7, 11) is -1.30. The lowest BCUT2D eigenvalue weighted by Gasteiger charge is -2.05. The lowest BCUT2D eigenvalue weighted by Crippen LogP contribution is -2.17. The van der Waals surface area contributed by atoms with E-state index < -0.39 is 28.2 Å². The first-order valence-electron chi connectivity index (χ1n) is 5.23. The molecule has 0 radical (unpaired) electrons. The molecule has 0 bridgehead atoms. The van der Waals surface area contributed by atoms with Gasteiger partial charge in [-0.25, -0.2) is 8.78 Å². The van der Waals surface area contributed by atoms with Crippen molar-refractivity contribution in [2.75, 3.05) is 11.5 Å². The molecule has 0 heterocycles. The van der Waals surface area contributed by atoms with Crippen molar-refractivity contribution in [1.82, 2.24) is 0 Å². The van der Waals surface area contributed by atoms with Crippen molar-refractivity contribution in [3.8, 4) is 0 Å². The molecule has 0 amide bonds. The van der Waals surface area contributed by atoms with Crippen LogP contribution >= 0.6 is 0 Å². The predicted molar refractivity (Wildman–Crippen MR) is 63.4 cm³/mol. The predicted octanol–water partition coefficient (Wildman–Crippen LogP) is 2.55. The number of ketones is 1. The van der Waals surface area contributed by atoms with Gasteiger partial charge in [0, 0.05) is 22.6 Å². The number of benzene rings is 1. The first-order chi connectivity index (χ1) is 7.90. The second-order valence-corrected chi connectivity index (χ2v) is 5.69. The Balaban J connectivity index is 2.73. The van der Waals surface area contributed by atoms with Gasteiger partial charge in [0.05, 0.1) is 11.3 Å². The monoisotopic (exact) mass is 260 g/mol. The fourth-order valence-electron chi connectivity index (χ4n) is 1.37. The van der Waals surface area contributed by atoms with Gasteiger partial charge in [-0.3, -0.25) is 9.00 Å². The Morgan fingerprint density at radius 3 is 2.53 bits per heavy atom. The topological polar surface area (TPSA) is 34.1 Å². The van der Waals surface area contributed by atoms with Gasteiger partial charge >= 0.3 is 0 Å². The van der Waals surface area contributed by atoms with E-state index in [1.807, 2.05) is 13.8 Å². The molecule has 1 atom stereocenters. The first kappa shape index (κ1) is 14.0. The number of hydrogen-bond acceptors (Lipinski definition) is 2. The van der Waals surface area contributed by atoms with Crippen molar-refractivity contribution in [3.05, 3.63) is 35.4 Å². The van der Waals surface area contributed by atoms with E-state index in [0.717, 1.165) is 12.1 Å². The summed E-state index contributed by atoms with van der Waals surface area (Å²) in [5.74, 6) is -1.81. The van der Waals surface area contributed by atoms with E-state index in [9.17, 15) is 17.8 Å². The minimum absolute atomic E-state index is 0.205. The molecule has 0 saturated carbocycles. The molecule has 94 valence electrons. The normalized spacial score (nSPS) is 12.8. The Bertz CT molecular complexity index is 444. The van der Waals surface area contributed by atoms with Gasteiger partial charge in [-0.1, -0.05) is 13.8 Å². The molecule has 5 heteroatoms. The van der Waals surface area contributed by atoms with Crippen LogP contribution in [0.4, 0.5) is 8.78 Å².